The number of benzene rings is 1. The van der Waals surface area contributed by atoms with Crippen LogP contribution in [-0.2, 0) is 0 Å². The average Bonchev–Trinajstić information content (AvgIpc) is 2.70. The zero-order valence-electron chi connectivity index (χ0n) is 8.16. The minimum absolute atomic E-state index is 0.337. The van der Waals surface area contributed by atoms with Crippen LogP contribution in [-0.4, -0.2) is 24.2 Å². The fraction of sp³-hybridized carbons (Fsp3) is 0.364. The molecular formula is C11H12BrNO2. The lowest BCUT2D eigenvalue weighted by Crippen LogP contribution is -2.11. The van der Waals surface area contributed by atoms with E-state index in [2.05, 4.69) is 21.2 Å². The molecule has 0 saturated carbocycles. The first-order chi connectivity index (χ1) is 7.18. The van der Waals surface area contributed by atoms with Crippen molar-refractivity contribution >= 4 is 21.9 Å². The third-order valence-electron chi connectivity index (χ3n) is 2.75. The van der Waals surface area contributed by atoms with Crippen molar-refractivity contribution in [1.82, 2.24) is 5.32 Å². The van der Waals surface area contributed by atoms with E-state index in [1.54, 1.807) is 6.07 Å². The van der Waals surface area contributed by atoms with E-state index in [-0.39, 0.29) is 0 Å². The van der Waals surface area contributed by atoms with Gasteiger partial charge in [-0.05, 0) is 36.6 Å². The van der Waals surface area contributed by atoms with Crippen molar-refractivity contribution in [2.45, 2.75) is 12.3 Å². The second-order valence-electron chi connectivity index (χ2n) is 3.73. The number of nitrogens with one attached hydrogen (secondary N) is 1. The summed E-state index contributed by atoms with van der Waals surface area (Å²) in [5.41, 5.74) is 1.36. The van der Waals surface area contributed by atoms with Gasteiger partial charge >= 0.3 is 5.97 Å². The van der Waals surface area contributed by atoms with E-state index in [4.69, 9.17) is 5.11 Å². The standard InChI is InChI=1S/C11H12BrNO2/c12-8-1-2-9(7-3-4-13-6-7)10(5-8)11(14)15/h1-2,5,7,13H,3-4,6H2,(H,14,15). The molecule has 1 atom stereocenters. The molecule has 1 heterocycles. The largest absolute Gasteiger partial charge is 0.478 e. The summed E-state index contributed by atoms with van der Waals surface area (Å²) in [6.45, 7) is 1.85. The summed E-state index contributed by atoms with van der Waals surface area (Å²) >= 11 is 3.29. The van der Waals surface area contributed by atoms with Crippen molar-refractivity contribution in [3.63, 3.8) is 0 Å². The SMILES string of the molecule is O=C(O)c1cc(Br)ccc1C1CCNC1. The molecule has 15 heavy (non-hydrogen) atoms. The van der Waals surface area contributed by atoms with Crippen molar-refractivity contribution in [2.75, 3.05) is 13.1 Å². The third kappa shape index (κ3) is 2.21. The van der Waals surface area contributed by atoms with E-state index < -0.39 is 5.97 Å². The molecule has 1 unspecified atom stereocenters. The minimum Gasteiger partial charge on any atom is -0.478 e. The first kappa shape index (κ1) is 10.6. The van der Waals surface area contributed by atoms with Crippen molar-refractivity contribution in [2.24, 2.45) is 0 Å². The van der Waals surface area contributed by atoms with Gasteiger partial charge in [0.1, 0.15) is 0 Å². The van der Waals surface area contributed by atoms with Crippen LogP contribution in [0.3, 0.4) is 0 Å². The van der Waals surface area contributed by atoms with E-state index in [9.17, 15) is 4.79 Å². The molecule has 1 aliphatic heterocycles. The second kappa shape index (κ2) is 4.33. The average molecular weight is 270 g/mol. The Morgan fingerprint density at radius 1 is 1.53 bits per heavy atom. The Hall–Kier alpha value is -0.870. The lowest BCUT2D eigenvalue weighted by Gasteiger charge is -2.12. The molecule has 0 radical (unpaired) electrons. The zero-order valence-corrected chi connectivity index (χ0v) is 9.75. The quantitative estimate of drug-likeness (QED) is 0.866. The van der Waals surface area contributed by atoms with Crippen LogP contribution in [0.1, 0.15) is 28.3 Å². The highest BCUT2D eigenvalue weighted by Gasteiger charge is 2.22. The molecule has 0 spiro atoms. The van der Waals surface area contributed by atoms with E-state index in [1.807, 2.05) is 12.1 Å². The minimum atomic E-state index is -0.849. The van der Waals surface area contributed by atoms with E-state index in [0.717, 1.165) is 29.5 Å². The fourth-order valence-electron chi connectivity index (χ4n) is 1.99. The molecule has 4 heteroatoms. The lowest BCUT2D eigenvalue weighted by molar-refractivity contribution is 0.0695. The van der Waals surface area contributed by atoms with Crippen LogP contribution in [0, 0.1) is 0 Å². The van der Waals surface area contributed by atoms with Crippen molar-refractivity contribution < 1.29 is 9.90 Å². The van der Waals surface area contributed by atoms with Crippen molar-refractivity contribution in [1.29, 1.82) is 0 Å². The molecule has 2 N–H and O–H groups in total. The molecule has 0 aromatic heterocycles. The number of hydrogen-bond acceptors (Lipinski definition) is 2. The Morgan fingerprint density at radius 2 is 2.33 bits per heavy atom. The predicted molar refractivity (Wildman–Crippen MR) is 61.3 cm³/mol. The van der Waals surface area contributed by atoms with E-state index >= 15 is 0 Å². The van der Waals surface area contributed by atoms with Crippen LogP contribution in [0.25, 0.3) is 0 Å². The molecule has 2 rings (SSSR count). The van der Waals surface area contributed by atoms with Crippen LogP contribution in [0.4, 0.5) is 0 Å². The molecule has 0 aliphatic carbocycles. The molecule has 1 saturated heterocycles. The van der Waals surface area contributed by atoms with Crippen molar-refractivity contribution in [3.8, 4) is 0 Å². The number of rotatable bonds is 2. The van der Waals surface area contributed by atoms with Crippen LogP contribution in [0.5, 0.6) is 0 Å². The summed E-state index contributed by atoms with van der Waals surface area (Å²) in [4.78, 5) is 11.1. The van der Waals surface area contributed by atoms with E-state index in [0.29, 0.717) is 11.5 Å². The fourth-order valence-corrected chi connectivity index (χ4v) is 2.35. The summed E-state index contributed by atoms with van der Waals surface area (Å²) in [6, 6.07) is 5.49. The number of carbonyl (C=O) groups is 1. The highest BCUT2D eigenvalue weighted by molar-refractivity contribution is 9.10. The number of aromatic carboxylic acids is 1. The zero-order chi connectivity index (χ0) is 10.8. The highest BCUT2D eigenvalue weighted by Crippen LogP contribution is 2.27. The Balaban J connectivity index is 2.40. The van der Waals surface area contributed by atoms with E-state index in [1.165, 1.54) is 0 Å². The van der Waals surface area contributed by atoms with Gasteiger partial charge in [0.2, 0.25) is 0 Å². The van der Waals surface area contributed by atoms with Gasteiger partial charge < -0.3 is 10.4 Å². The predicted octanol–water partition coefficient (Wildman–Crippen LogP) is 2.22. The maximum atomic E-state index is 11.1. The molecule has 0 amide bonds. The van der Waals surface area contributed by atoms with Crippen LogP contribution >= 0.6 is 15.9 Å². The van der Waals surface area contributed by atoms with Crippen LogP contribution < -0.4 is 5.32 Å². The Bertz CT molecular complexity index is 386. The van der Waals surface area contributed by atoms with Gasteiger partial charge in [-0.2, -0.15) is 0 Å². The van der Waals surface area contributed by atoms with Gasteiger partial charge in [-0.25, -0.2) is 4.79 Å². The summed E-state index contributed by atoms with van der Waals surface area (Å²) in [5, 5.41) is 12.4. The number of carboxylic acid groups (broad SMARTS) is 1. The normalized spacial score (nSPS) is 20.5. The molecule has 1 aromatic rings. The molecule has 1 fully saturated rings. The smallest absolute Gasteiger partial charge is 0.336 e. The van der Waals surface area contributed by atoms with Gasteiger partial charge in [0.25, 0.3) is 0 Å². The van der Waals surface area contributed by atoms with Gasteiger partial charge in [0.15, 0.2) is 0 Å². The Morgan fingerprint density at radius 3 is 2.93 bits per heavy atom. The molecule has 0 bridgehead atoms. The molecular weight excluding hydrogens is 258 g/mol. The monoisotopic (exact) mass is 269 g/mol. The molecule has 1 aromatic carbocycles. The lowest BCUT2D eigenvalue weighted by atomic mass is 9.93. The summed E-state index contributed by atoms with van der Waals surface area (Å²) in [6.07, 6.45) is 1.02. The number of halogens is 1. The summed E-state index contributed by atoms with van der Waals surface area (Å²) in [5.74, 6) is -0.512. The van der Waals surface area contributed by atoms with Gasteiger partial charge in [0, 0.05) is 11.0 Å². The maximum Gasteiger partial charge on any atom is 0.336 e. The molecule has 80 valence electrons. The summed E-state index contributed by atoms with van der Waals surface area (Å²) < 4.78 is 0.814. The highest BCUT2D eigenvalue weighted by atomic mass is 79.9. The van der Waals surface area contributed by atoms with Gasteiger partial charge in [0.05, 0.1) is 5.56 Å². The first-order valence-electron chi connectivity index (χ1n) is 4.92. The van der Waals surface area contributed by atoms with Gasteiger partial charge in [-0.15, -0.1) is 0 Å². The first-order valence-corrected chi connectivity index (χ1v) is 5.71. The van der Waals surface area contributed by atoms with Crippen molar-refractivity contribution in [3.05, 3.63) is 33.8 Å². The summed E-state index contributed by atoms with van der Waals surface area (Å²) in [7, 11) is 0. The topological polar surface area (TPSA) is 49.3 Å². The van der Waals surface area contributed by atoms with Crippen LogP contribution in [0.15, 0.2) is 22.7 Å². The van der Waals surface area contributed by atoms with Gasteiger partial charge in [-0.3, -0.25) is 0 Å². The molecule has 3 nitrogen and oxygen atoms in total. The number of hydrogen-bond donors (Lipinski definition) is 2. The third-order valence-corrected chi connectivity index (χ3v) is 3.24. The second-order valence-corrected chi connectivity index (χ2v) is 4.64. The van der Waals surface area contributed by atoms with Crippen LogP contribution in [0.2, 0.25) is 0 Å². The Labute approximate surface area is 96.6 Å². The number of carboxylic acids is 1. The van der Waals surface area contributed by atoms with Gasteiger partial charge in [-0.1, -0.05) is 22.0 Å². The molecule has 1 aliphatic rings. The maximum absolute atomic E-state index is 11.1. The Kier molecular flexibility index (Phi) is 3.07.